The summed E-state index contributed by atoms with van der Waals surface area (Å²) >= 11 is 7.21. The summed E-state index contributed by atoms with van der Waals surface area (Å²) in [5.74, 6) is 0.724. The highest BCUT2D eigenvalue weighted by Crippen LogP contribution is 2.29. The van der Waals surface area contributed by atoms with E-state index in [-0.39, 0.29) is 16.8 Å². The van der Waals surface area contributed by atoms with Gasteiger partial charge in [-0.3, -0.25) is 4.79 Å². The van der Waals surface area contributed by atoms with Crippen LogP contribution < -0.4 is 15.8 Å². The number of carbonyl (C=O) groups is 1. The minimum atomic E-state index is -0.183. The van der Waals surface area contributed by atoms with E-state index in [1.807, 2.05) is 0 Å². The maximum Gasteiger partial charge on any atom is 0.234 e. The molecule has 0 atom stereocenters. The summed E-state index contributed by atoms with van der Waals surface area (Å²) < 4.78 is 5.13. The number of methoxy groups -OCH3 is 1. The summed E-state index contributed by atoms with van der Waals surface area (Å²) in [6.45, 7) is 0. The number of benzene rings is 1. The summed E-state index contributed by atoms with van der Waals surface area (Å²) in [7, 11) is 1.58. The number of hydrogen-bond donors (Lipinski definition) is 2. The average Bonchev–Trinajstić information content (AvgIpc) is 2.49. The van der Waals surface area contributed by atoms with Gasteiger partial charge in [-0.1, -0.05) is 11.6 Å². The Kier molecular flexibility index (Phi) is 5.30. The second-order valence-corrected chi connectivity index (χ2v) is 5.46. The predicted molar refractivity (Wildman–Crippen MR) is 86.0 cm³/mol. The highest BCUT2D eigenvalue weighted by molar-refractivity contribution is 8.00. The molecule has 0 radical (unpaired) electrons. The Labute approximate surface area is 131 Å². The minimum absolute atomic E-state index is 0.183. The van der Waals surface area contributed by atoms with Crippen LogP contribution in [0.5, 0.6) is 5.75 Å². The van der Waals surface area contributed by atoms with Crippen molar-refractivity contribution in [1.29, 1.82) is 0 Å². The van der Waals surface area contributed by atoms with Crippen molar-refractivity contribution in [2.24, 2.45) is 0 Å². The minimum Gasteiger partial charge on any atom is -0.497 e. The molecule has 0 fully saturated rings. The molecule has 0 saturated heterocycles. The summed E-state index contributed by atoms with van der Waals surface area (Å²) in [5, 5.41) is 2.96. The van der Waals surface area contributed by atoms with E-state index in [0.717, 1.165) is 4.90 Å². The lowest BCUT2D eigenvalue weighted by Crippen LogP contribution is -2.14. The molecular weight excluding hydrogens is 310 g/mol. The SMILES string of the molecule is COc1ccc(N)c(SCC(=O)Nc2cccnc2Cl)c1. The van der Waals surface area contributed by atoms with Crippen molar-refractivity contribution in [2.45, 2.75) is 4.90 Å². The molecule has 0 bridgehead atoms. The summed E-state index contributed by atoms with van der Waals surface area (Å²) in [4.78, 5) is 16.6. The largest absolute Gasteiger partial charge is 0.497 e. The van der Waals surface area contributed by atoms with Crippen molar-refractivity contribution < 1.29 is 9.53 Å². The first-order valence-electron chi connectivity index (χ1n) is 6.07. The Morgan fingerprint density at radius 2 is 2.29 bits per heavy atom. The van der Waals surface area contributed by atoms with Crippen LogP contribution in [0.15, 0.2) is 41.4 Å². The zero-order valence-corrected chi connectivity index (χ0v) is 12.9. The molecule has 5 nitrogen and oxygen atoms in total. The van der Waals surface area contributed by atoms with Gasteiger partial charge in [-0.25, -0.2) is 4.98 Å². The maximum absolute atomic E-state index is 11.9. The van der Waals surface area contributed by atoms with Crippen LogP contribution in [0.4, 0.5) is 11.4 Å². The maximum atomic E-state index is 11.9. The van der Waals surface area contributed by atoms with Gasteiger partial charge in [-0.2, -0.15) is 0 Å². The van der Waals surface area contributed by atoms with Crippen LogP contribution >= 0.6 is 23.4 Å². The zero-order chi connectivity index (χ0) is 15.2. The lowest BCUT2D eigenvalue weighted by molar-refractivity contribution is -0.113. The number of ether oxygens (including phenoxy) is 1. The van der Waals surface area contributed by atoms with Crippen molar-refractivity contribution in [1.82, 2.24) is 4.98 Å². The van der Waals surface area contributed by atoms with Crippen molar-refractivity contribution in [3.05, 3.63) is 41.7 Å². The third kappa shape index (κ3) is 4.27. The van der Waals surface area contributed by atoms with Crippen LogP contribution in [-0.4, -0.2) is 23.8 Å². The fraction of sp³-hybridized carbons (Fsp3) is 0.143. The van der Waals surface area contributed by atoms with Gasteiger partial charge in [0.1, 0.15) is 5.75 Å². The van der Waals surface area contributed by atoms with E-state index in [4.69, 9.17) is 22.1 Å². The number of nitrogens with two attached hydrogens (primary N) is 1. The van der Waals surface area contributed by atoms with Gasteiger partial charge in [0.15, 0.2) is 5.15 Å². The number of anilines is 2. The molecule has 1 aromatic carbocycles. The molecule has 2 aromatic rings. The molecule has 21 heavy (non-hydrogen) atoms. The Hall–Kier alpha value is -1.92. The first kappa shape index (κ1) is 15.5. The van der Waals surface area contributed by atoms with E-state index in [9.17, 15) is 4.79 Å². The van der Waals surface area contributed by atoms with E-state index in [1.54, 1.807) is 43.6 Å². The van der Waals surface area contributed by atoms with Gasteiger partial charge in [-0.15, -0.1) is 11.8 Å². The van der Waals surface area contributed by atoms with Crippen LogP contribution in [0.2, 0.25) is 5.15 Å². The van der Waals surface area contributed by atoms with Crippen LogP contribution in [0.1, 0.15) is 0 Å². The second kappa shape index (κ2) is 7.19. The van der Waals surface area contributed by atoms with Gasteiger partial charge in [0.05, 0.1) is 18.6 Å². The quantitative estimate of drug-likeness (QED) is 0.502. The number of halogens is 1. The molecule has 1 aromatic heterocycles. The summed E-state index contributed by atoms with van der Waals surface area (Å²) in [6.07, 6.45) is 1.56. The number of pyridine rings is 1. The van der Waals surface area contributed by atoms with Gasteiger partial charge < -0.3 is 15.8 Å². The molecule has 0 aliphatic heterocycles. The number of carbonyl (C=O) groups excluding carboxylic acids is 1. The molecule has 0 aliphatic rings. The van der Waals surface area contributed by atoms with Gasteiger partial charge in [0, 0.05) is 16.8 Å². The first-order chi connectivity index (χ1) is 10.1. The third-order valence-corrected chi connectivity index (χ3v) is 3.98. The van der Waals surface area contributed by atoms with E-state index < -0.39 is 0 Å². The zero-order valence-electron chi connectivity index (χ0n) is 11.3. The number of nitrogens with one attached hydrogen (secondary N) is 1. The van der Waals surface area contributed by atoms with Gasteiger partial charge in [-0.05, 0) is 30.3 Å². The monoisotopic (exact) mass is 323 g/mol. The number of nitrogens with zero attached hydrogens (tertiary/aromatic N) is 1. The standard InChI is InChI=1S/C14H14ClN3O2S/c1-20-9-4-5-10(16)12(7-9)21-8-13(19)18-11-3-2-6-17-14(11)15/h2-7H,8,16H2,1H3,(H,18,19). The Morgan fingerprint density at radius 3 is 3.00 bits per heavy atom. The summed E-state index contributed by atoms with van der Waals surface area (Å²) in [5.41, 5.74) is 6.96. The molecule has 0 aliphatic carbocycles. The van der Waals surface area contributed by atoms with Crippen LogP contribution in [0, 0.1) is 0 Å². The molecule has 0 spiro atoms. The van der Waals surface area contributed by atoms with E-state index in [0.29, 0.717) is 17.1 Å². The van der Waals surface area contributed by atoms with E-state index in [1.165, 1.54) is 11.8 Å². The van der Waals surface area contributed by atoms with Gasteiger partial charge >= 0.3 is 0 Å². The molecule has 7 heteroatoms. The lowest BCUT2D eigenvalue weighted by Gasteiger charge is -2.09. The number of aromatic nitrogens is 1. The molecule has 1 heterocycles. The van der Waals surface area contributed by atoms with E-state index in [2.05, 4.69) is 10.3 Å². The van der Waals surface area contributed by atoms with Crippen LogP contribution in [0.25, 0.3) is 0 Å². The predicted octanol–water partition coefficient (Wildman–Crippen LogP) is 3.06. The average molecular weight is 324 g/mol. The molecule has 1 amide bonds. The fourth-order valence-electron chi connectivity index (χ4n) is 1.58. The molecule has 0 unspecified atom stereocenters. The first-order valence-corrected chi connectivity index (χ1v) is 7.43. The van der Waals surface area contributed by atoms with E-state index >= 15 is 0 Å². The lowest BCUT2D eigenvalue weighted by atomic mass is 10.3. The second-order valence-electron chi connectivity index (χ2n) is 4.08. The van der Waals surface area contributed by atoms with Crippen molar-refractivity contribution in [3.63, 3.8) is 0 Å². The fourth-order valence-corrected chi connectivity index (χ4v) is 2.54. The Bertz CT molecular complexity index is 652. The molecule has 110 valence electrons. The van der Waals surface area contributed by atoms with Gasteiger partial charge in [0.2, 0.25) is 5.91 Å². The molecule has 3 N–H and O–H groups in total. The van der Waals surface area contributed by atoms with Crippen molar-refractivity contribution >= 4 is 40.6 Å². The number of nitrogen functional groups attached to an aromatic ring is 1. The number of hydrogen-bond acceptors (Lipinski definition) is 5. The number of rotatable bonds is 5. The highest BCUT2D eigenvalue weighted by Gasteiger charge is 2.09. The Balaban J connectivity index is 1.97. The summed E-state index contributed by atoms with van der Waals surface area (Å²) in [6, 6.07) is 8.71. The third-order valence-electron chi connectivity index (χ3n) is 2.61. The van der Waals surface area contributed by atoms with Crippen molar-refractivity contribution in [2.75, 3.05) is 23.9 Å². The molecule has 0 saturated carbocycles. The smallest absolute Gasteiger partial charge is 0.234 e. The number of amides is 1. The van der Waals surface area contributed by atoms with Crippen molar-refractivity contribution in [3.8, 4) is 5.75 Å². The van der Waals surface area contributed by atoms with Crippen LogP contribution in [-0.2, 0) is 4.79 Å². The van der Waals surface area contributed by atoms with Gasteiger partial charge in [0.25, 0.3) is 0 Å². The normalized spacial score (nSPS) is 10.2. The molecular formula is C14H14ClN3O2S. The Morgan fingerprint density at radius 1 is 1.48 bits per heavy atom. The topological polar surface area (TPSA) is 77.2 Å². The van der Waals surface area contributed by atoms with Crippen LogP contribution in [0.3, 0.4) is 0 Å². The highest BCUT2D eigenvalue weighted by atomic mass is 35.5. The molecule has 2 rings (SSSR count). The number of thioether (sulfide) groups is 1.